The van der Waals surface area contributed by atoms with Crippen molar-refractivity contribution in [2.75, 3.05) is 24.7 Å². The van der Waals surface area contributed by atoms with Crippen LogP contribution in [0.15, 0.2) is 85.5 Å². The first-order valence-corrected chi connectivity index (χ1v) is 15.8. The first-order chi connectivity index (χ1) is 20.8. The van der Waals surface area contributed by atoms with Crippen molar-refractivity contribution in [1.82, 2.24) is 4.90 Å². The van der Waals surface area contributed by atoms with E-state index in [4.69, 9.17) is 4.74 Å². The van der Waals surface area contributed by atoms with Crippen LogP contribution in [0.4, 0.5) is 5.69 Å². The molecule has 0 aliphatic carbocycles. The summed E-state index contributed by atoms with van der Waals surface area (Å²) in [5.74, 6) is -2.23. The third-order valence-electron chi connectivity index (χ3n) is 9.53. The molecule has 1 N–H and O–H groups in total. The number of nitrogens with zero attached hydrogens (tertiary/aromatic N) is 2. The van der Waals surface area contributed by atoms with E-state index in [1.165, 1.54) is 0 Å². The molecule has 8 heteroatoms. The summed E-state index contributed by atoms with van der Waals surface area (Å²) in [6.07, 6.45) is 3.40. The molecule has 7 nitrogen and oxygen atoms in total. The van der Waals surface area contributed by atoms with Crippen LogP contribution in [-0.2, 0) is 25.5 Å². The average molecular weight is 599 g/mol. The van der Waals surface area contributed by atoms with Gasteiger partial charge < -0.3 is 19.6 Å². The number of rotatable bonds is 10. The quantitative estimate of drug-likeness (QED) is 0.261. The Balaban J connectivity index is 1.47. The van der Waals surface area contributed by atoms with Crippen molar-refractivity contribution in [3.05, 3.63) is 91.0 Å². The number of aliphatic hydroxyl groups excluding tert-OH is 1. The number of aliphatic hydroxyl groups is 1. The predicted octanol–water partition coefficient (Wildman–Crippen LogP) is 5.01. The van der Waals surface area contributed by atoms with E-state index in [9.17, 15) is 14.7 Å². The zero-order valence-corrected chi connectivity index (χ0v) is 25.5. The normalized spacial score (nSPS) is 28.1. The standard InChI is InChI=1S/C35H38N2O5S/c1-4-19-36(26-16-15-24-13-9-10-14-25(24)21-26)32(40)30-35-18-17-34(3,43-35)29(33(41)42-5-2)28(35)31(39)37(30)27(22-38)20-23-11-7-6-8-12-23/h4,6-16,21,27-30,38H,1,5,17-20,22H2,2-3H3/t27-,28+,29-,30?,34+,35?/m1/s1. The first kappa shape index (κ1) is 29.5. The van der Waals surface area contributed by atoms with Crippen LogP contribution in [0.3, 0.4) is 0 Å². The third kappa shape index (κ3) is 4.75. The van der Waals surface area contributed by atoms with Gasteiger partial charge in [0.15, 0.2) is 0 Å². The summed E-state index contributed by atoms with van der Waals surface area (Å²) in [5, 5.41) is 12.8. The summed E-state index contributed by atoms with van der Waals surface area (Å²) in [6.45, 7) is 7.90. The fraction of sp³-hybridized carbons (Fsp3) is 0.400. The highest BCUT2D eigenvalue weighted by Gasteiger charge is 2.78. The lowest BCUT2D eigenvalue weighted by molar-refractivity contribution is -0.155. The Labute approximate surface area is 256 Å². The number of esters is 1. The minimum atomic E-state index is -0.872. The van der Waals surface area contributed by atoms with E-state index >= 15 is 4.79 Å². The summed E-state index contributed by atoms with van der Waals surface area (Å²) in [4.78, 5) is 46.4. The Morgan fingerprint density at radius 3 is 2.53 bits per heavy atom. The molecule has 2 bridgehead atoms. The predicted molar refractivity (Wildman–Crippen MR) is 170 cm³/mol. The number of carbonyl (C=O) groups is 3. The number of benzene rings is 3. The second kappa shape index (κ2) is 11.5. The fourth-order valence-electron chi connectivity index (χ4n) is 7.71. The van der Waals surface area contributed by atoms with Gasteiger partial charge in [0.2, 0.25) is 5.91 Å². The summed E-state index contributed by atoms with van der Waals surface area (Å²) >= 11 is 1.61. The molecular weight excluding hydrogens is 560 g/mol. The second-order valence-electron chi connectivity index (χ2n) is 12.0. The van der Waals surface area contributed by atoms with E-state index in [0.29, 0.717) is 24.9 Å². The van der Waals surface area contributed by atoms with Crippen molar-refractivity contribution in [3.63, 3.8) is 0 Å². The molecule has 224 valence electrons. The fourth-order valence-corrected chi connectivity index (χ4v) is 10.0. The van der Waals surface area contributed by atoms with E-state index in [1.807, 2.05) is 79.7 Å². The minimum absolute atomic E-state index is 0.221. The highest BCUT2D eigenvalue weighted by atomic mass is 32.2. The Bertz CT molecular complexity index is 1560. The zero-order valence-electron chi connectivity index (χ0n) is 24.6. The van der Waals surface area contributed by atoms with E-state index in [-0.39, 0.29) is 37.5 Å². The van der Waals surface area contributed by atoms with Crippen molar-refractivity contribution in [2.24, 2.45) is 11.8 Å². The number of amides is 2. The number of thioether (sulfide) groups is 1. The Morgan fingerprint density at radius 2 is 1.84 bits per heavy atom. The van der Waals surface area contributed by atoms with Crippen LogP contribution >= 0.6 is 11.8 Å². The number of likely N-dealkylation sites (tertiary alicyclic amines) is 1. The zero-order chi connectivity index (χ0) is 30.4. The van der Waals surface area contributed by atoms with Crippen LogP contribution in [0, 0.1) is 11.8 Å². The van der Waals surface area contributed by atoms with Crippen LogP contribution in [0.2, 0.25) is 0 Å². The van der Waals surface area contributed by atoms with Gasteiger partial charge in [-0.1, -0.05) is 66.7 Å². The van der Waals surface area contributed by atoms with Gasteiger partial charge in [-0.3, -0.25) is 14.4 Å². The molecule has 3 aliphatic heterocycles. The van der Waals surface area contributed by atoms with Gasteiger partial charge in [-0.25, -0.2) is 0 Å². The van der Waals surface area contributed by atoms with E-state index in [0.717, 1.165) is 16.3 Å². The summed E-state index contributed by atoms with van der Waals surface area (Å²) in [5.41, 5.74) is 1.67. The van der Waals surface area contributed by atoms with Gasteiger partial charge in [-0.05, 0) is 61.6 Å². The average Bonchev–Trinajstić information content (AvgIpc) is 3.59. The molecule has 3 aromatic carbocycles. The van der Waals surface area contributed by atoms with Crippen LogP contribution in [-0.4, -0.2) is 69.1 Å². The van der Waals surface area contributed by atoms with Gasteiger partial charge in [0, 0.05) is 17.0 Å². The monoisotopic (exact) mass is 598 g/mol. The highest BCUT2D eigenvalue weighted by molar-refractivity contribution is 8.02. The Kier molecular flexibility index (Phi) is 7.86. The number of fused-ring (bicyclic) bond motifs is 2. The molecular formula is C35H38N2O5S. The number of carbonyl (C=O) groups excluding carboxylic acids is 3. The maximum atomic E-state index is 15.0. The van der Waals surface area contributed by atoms with Crippen molar-refractivity contribution < 1.29 is 24.2 Å². The molecule has 3 heterocycles. The van der Waals surface area contributed by atoms with Gasteiger partial charge >= 0.3 is 5.97 Å². The summed E-state index contributed by atoms with van der Waals surface area (Å²) in [7, 11) is 0. The highest BCUT2D eigenvalue weighted by Crippen LogP contribution is 2.72. The van der Waals surface area contributed by atoms with E-state index in [2.05, 4.69) is 6.58 Å². The van der Waals surface area contributed by atoms with Crippen molar-refractivity contribution in [3.8, 4) is 0 Å². The smallest absolute Gasteiger partial charge is 0.311 e. The van der Waals surface area contributed by atoms with E-state index < -0.39 is 33.4 Å². The first-order valence-electron chi connectivity index (χ1n) is 15.0. The largest absolute Gasteiger partial charge is 0.466 e. The number of ether oxygens (including phenoxy) is 1. The van der Waals surface area contributed by atoms with Crippen LogP contribution in [0.1, 0.15) is 32.3 Å². The lowest BCUT2D eigenvalue weighted by Gasteiger charge is -2.39. The summed E-state index contributed by atoms with van der Waals surface area (Å²) < 4.78 is 4.19. The van der Waals surface area contributed by atoms with Crippen LogP contribution in [0.5, 0.6) is 0 Å². The van der Waals surface area contributed by atoms with Crippen molar-refractivity contribution in [1.29, 1.82) is 0 Å². The minimum Gasteiger partial charge on any atom is -0.466 e. The number of hydrogen-bond donors (Lipinski definition) is 1. The molecule has 6 rings (SSSR count). The molecule has 2 unspecified atom stereocenters. The molecule has 0 radical (unpaired) electrons. The molecule has 3 aliphatic rings. The molecule has 6 atom stereocenters. The molecule has 3 aromatic rings. The van der Waals surface area contributed by atoms with Gasteiger partial charge in [-0.2, -0.15) is 0 Å². The molecule has 0 aromatic heterocycles. The summed E-state index contributed by atoms with van der Waals surface area (Å²) in [6, 6.07) is 22.1. The van der Waals surface area contributed by atoms with Crippen molar-refractivity contribution in [2.45, 2.75) is 54.7 Å². The van der Waals surface area contributed by atoms with Crippen molar-refractivity contribution >= 4 is 46.0 Å². The molecule has 0 saturated carbocycles. The molecule has 3 fully saturated rings. The van der Waals surface area contributed by atoms with Gasteiger partial charge in [-0.15, -0.1) is 18.3 Å². The van der Waals surface area contributed by atoms with E-state index in [1.54, 1.807) is 34.6 Å². The van der Waals surface area contributed by atoms with Gasteiger partial charge in [0.05, 0.1) is 35.8 Å². The molecule has 3 saturated heterocycles. The molecule has 2 amide bonds. The lowest BCUT2D eigenvalue weighted by atomic mass is 9.66. The second-order valence-corrected chi connectivity index (χ2v) is 13.9. The Hall–Kier alpha value is -3.62. The third-order valence-corrected chi connectivity index (χ3v) is 11.5. The lowest BCUT2D eigenvalue weighted by Crippen LogP contribution is -2.58. The Morgan fingerprint density at radius 1 is 1.12 bits per heavy atom. The topological polar surface area (TPSA) is 87.2 Å². The molecule has 1 spiro atoms. The molecule has 43 heavy (non-hydrogen) atoms. The van der Waals surface area contributed by atoms with Crippen LogP contribution < -0.4 is 4.90 Å². The number of hydrogen-bond acceptors (Lipinski definition) is 6. The maximum Gasteiger partial charge on any atom is 0.311 e. The van der Waals surface area contributed by atoms with Gasteiger partial charge in [0.25, 0.3) is 5.91 Å². The number of anilines is 1. The SMILES string of the molecule is C=CCN(C(=O)C1N([C@@H](CO)Cc2ccccc2)C(=O)[C@@H]2[C@H](C(=O)OCC)[C@]3(C)CCC12S3)c1ccc2ccccc2c1. The maximum absolute atomic E-state index is 15.0. The van der Waals surface area contributed by atoms with Gasteiger partial charge in [0.1, 0.15) is 6.04 Å². The van der Waals surface area contributed by atoms with Crippen LogP contribution in [0.25, 0.3) is 10.8 Å².